The van der Waals surface area contributed by atoms with E-state index in [4.69, 9.17) is 0 Å². The van der Waals surface area contributed by atoms with E-state index in [9.17, 15) is 4.79 Å². The summed E-state index contributed by atoms with van der Waals surface area (Å²) in [6, 6.07) is 5.45. The summed E-state index contributed by atoms with van der Waals surface area (Å²) in [5, 5.41) is 5.73. The lowest BCUT2D eigenvalue weighted by Gasteiger charge is -2.24. The fraction of sp³-hybridized carbons (Fsp3) is 0.667. The van der Waals surface area contributed by atoms with Crippen LogP contribution in [0.1, 0.15) is 37.0 Å². The molecule has 2 saturated heterocycles. The highest BCUT2D eigenvalue weighted by molar-refractivity contribution is 7.09. The monoisotopic (exact) mass is 314 g/mol. The van der Waals surface area contributed by atoms with Gasteiger partial charge >= 0.3 is 0 Å². The molecule has 1 amide bonds. The molecule has 2 aliphatic rings. The first-order valence-electron chi connectivity index (χ1n) is 7.37. The SMILES string of the molecule is Cl.O=C(CCCc1cccs1)N1CCC2CCC(C1)N2. The number of hydrogen-bond donors (Lipinski definition) is 1. The number of carbonyl (C=O) groups excluding carboxylic acids is 1. The molecular weight excluding hydrogens is 292 g/mol. The van der Waals surface area contributed by atoms with Crippen LogP contribution in [-0.2, 0) is 11.2 Å². The van der Waals surface area contributed by atoms with Gasteiger partial charge in [0.25, 0.3) is 0 Å². The summed E-state index contributed by atoms with van der Waals surface area (Å²) in [4.78, 5) is 15.7. The Bertz CT molecular complexity index is 424. The number of aryl methyl sites for hydroxylation is 1. The van der Waals surface area contributed by atoms with E-state index in [1.54, 1.807) is 11.3 Å². The van der Waals surface area contributed by atoms with Crippen LogP contribution in [0.2, 0.25) is 0 Å². The number of nitrogens with zero attached hydrogens (tertiary/aromatic N) is 1. The van der Waals surface area contributed by atoms with Crippen molar-refractivity contribution in [2.75, 3.05) is 13.1 Å². The molecule has 2 atom stereocenters. The number of hydrogen-bond acceptors (Lipinski definition) is 3. The Morgan fingerprint density at radius 1 is 1.35 bits per heavy atom. The van der Waals surface area contributed by atoms with E-state index in [2.05, 4.69) is 27.7 Å². The number of thiophene rings is 1. The molecule has 112 valence electrons. The Morgan fingerprint density at radius 3 is 3.00 bits per heavy atom. The first-order valence-corrected chi connectivity index (χ1v) is 8.25. The first kappa shape index (κ1) is 15.8. The lowest BCUT2D eigenvalue weighted by Crippen LogP contribution is -2.38. The topological polar surface area (TPSA) is 32.3 Å². The minimum Gasteiger partial charge on any atom is -0.341 e. The van der Waals surface area contributed by atoms with Crippen molar-refractivity contribution in [1.29, 1.82) is 0 Å². The van der Waals surface area contributed by atoms with Crippen molar-refractivity contribution in [3.63, 3.8) is 0 Å². The Labute approximate surface area is 131 Å². The zero-order valence-corrected chi connectivity index (χ0v) is 13.3. The van der Waals surface area contributed by atoms with Gasteiger partial charge in [0.05, 0.1) is 0 Å². The van der Waals surface area contributed by atoms with Gasteiger partial charge in [0.2, 0.25) is 5.91 Å². The van der Waals surface area contributed by atoms with Gasteiger partial charge in [0, 0.05) is 36.5 Å². The smallest absolute Gasteiger partial charge is 0.222 e. The molecule has 5 heteroatoms. The number of fused-ring (bicyclic) bond motifs is 2. The molecule has 2 aliphatic heterocycles. The predicted octanol–water partition coefficient (Wildman–Crippen LogP) is 2.85. The van der Waals surface area contributed by atoms with Crippen LogP contribution in [0.5, 0.6) is 0 Å². The maximum Gasteiger partial charge on any atom is 0.222 e. The molecule has 1 aromatic rings. The van der Waals surface area contributed by atoms with E-state index in [1.807, 2.05) is 0 Å². The summed E-state index contributed by atoms with van der Waals surface area (Å²) < 4.78 is 0. The van der Waals surface area contributed by atoms with Gasteiger partial charge in [0.15, 0.2) is 0 Å². The summed E-state index contributed by atoms with van der Waals surface area (Å²) in [7, 11) is 0. The number of likely N-dealkylation sites (tertiary alicyclic amines) is 1. The lowest BCUT2D eigenvalue weighted by molar-refractivity contribution is -0.131. The van der Waals surface area contributed by atoms with Crippen LogP contribution >= 0.6 is 23.7 Å². The van der Waals surface area contributed by atoms with E-state index in [1.165, 1.54) is 17.7 Å². The third-order valence-electron chi connectivity index (χ3n) is 4.27. The maximum absolute atomic E-state index is 12.3. The second-order valence-electron chi connectivity index (χ2n) is 5.70. The number of amides is 1. The third-order valence-corrected chi connectivity index (χ3v) is 5.21. The van der Waals surface area contributed by atoms with Crippen LogP contribution in [0.4, 0.5) is 0 Å². The van der Waals surface area contributed by atoms with E-state index in [0.717, 1.165) is 32.4 Å². The molecule has 3 nitrogen and oxygen atoms in total. The third kappa shape index (κ3) is 3.96. The highest BCUT2D eigenvalue weighted by atomic mass is 35.5. The molecule has 0 radical (unpaired) electrons. The van der Waals surface area contributed by atoms with Crippen LogP contribution in [-0.4, -0.2) is 36.0 Å². The quantitative estimate of drug-likeness (QED) is 0.927. The highest BCUT2D eigenvalue weighted by Crippen LogP contribution is 2.21. The van der Waals surface area contributed by atoms with Crippen molar-refractivity contribution in [1.82, 2.24) is 10.2 Å². The molecule has 0 spiro atoms. The van der Waals surface area contributed by atoms with Crippen LogP contribution in [0.15, 0.2) is 17.5 Å². The summed E-state index contributed by atoms with van der Waals surface area (Å²) in [5.74, 6) is 0.353. The Balaban J connectivity index is 0.00000147. The van der Waals surface area contributed by atoms with Gasteiger partial charge in [-0.1, -0.05) is 6.07 Å². The molecule has 3 heterocycles. The van der Waals surface area contributed by atoms with Gasteiger partial charge in [-0.25, -0.2) is 0 Å². The summed E-state index contributed by atoms with van der Waals surface area (Å²) in [6.07, 6.45) is 6.40. The molecule has 1 N–H and O–H groups in total. The van der Waals surface area contributed by atoms with Gasteiger partial charge < -0.3 is 10.2 Å². The number of nitrogens with one attached hydrogen (secondary N) is 1. The number of carbonyl (C=O) groups is 1. The lowest BCUT2D eigenvalue weighted by atomic mass is 10.1. The summed E-state index contributed by atoms with van der Waals surface area (Å²) >= 11 is 1.79. The molecule has 2 bridgehead atoms. The average molecular weight is 315 g/mol. The number of halogens is 1. The largest absolute Gasteiger partial charge is 0.341 e. The normalized spacial score (nSPS) is 25.1. The average Bonchev–Trinajstić information content (AvgIpc) is 2.99. The van der Waals surface area contributed by atoms with Crippen LogP contribution in [0.3, 0.4) is 0 Å². The van der Waals surface area contributed by atoms with Crippen LogP contribution in [0, 0.1) is 0 Å². The molecule has 20 heavy (non-hydrogen) atoms. The van der Waals surface area contributed by atoms with Crippen molar-refractivity contribution in [3.8, 4) is 0 Å². The Kier molecular flexibility index (Phi) is 5.87. The highest BCUT2D eigenvalue weighted by Gasteiger charge is 2.30. The molecule has 0 saturated carbocycles. The Morgan fingerprint density at radius 2 is 2.20 bits per heavy atom. The van der Waals surface area contributed by atoms with E-state index in [-0.39, 0.29) is 12.4 Å². The second kappa shape index (κ2) is 7.43. The zero-order valence-electron chi connectivity index (χ0n) is 11.7. The molecule has 1 aromatic heterocycles. The second-order valence-corrected chi connectivity index (χ2v) is 6.73. The molecule has 0 aliphatic carbocycles. The molecule has 3 rings (SSSR count). The number of rotatable bonds is 4. The molecule has 2 fully saturated rings. The minimum absolute atomic E-state index is 0. The Hall–Kier alpha value is -0.580. The maximum atomic E-state index is 12.3. The molecule has 2 unspecified atom stereocenters. The molecular formula is C15H23ClN2OS. The van der Waals surface area contributed by atoms with E-state index in [0.29, 0.717) is 24.4 Å². The summed E-state index contributed by atoms with van der Waals surface area (Å²) in [6.45, 7) is 1.88. The minimum atomic E-state index is 0. The van der Waals surface area contributed by atoms with Crippen molar-refractivity contribution >= 4 is 29.7 Å². The summed E-state index contributed by atoms with van der Waals surface area (Å²) in [5.41, 5.74) is 0. The first-order chi connectivity index (χ1) is 9.31. The van der Waals surface area contributed by atoms with Gasteiger partial charge in [-0.05, 0) is 43.6 Å². The van der Waals surface area contributed by atoms with Crippen molar-refractivity contribution in [3.05, 3.63) is 22.4 Å². The van der Waals surface area contributed by atoms with E-state index >= 15 is 0 Å². The fourth-order valence-electron chi connectivity index (χ4n) is 3.20. The predicted molar refractivity (Wildman–Crippen MR) is 85.6 cm³/mol. The standard InChI is InChI=1S/C15H22N2OS.ClH/c18-15(5-1-3-14-4-2-10-19-14)17-9-8-12-6-7-13(11-17)16-12;/h2,4,10,12-13,16H,1,3,5-9,11H2;1H. The van der Waals surface area contributed by atoms with Gasteiger partial charge in [-0.2, -0.15) is 0 Å². The van der Waals surface area contributed by atoms with Crippen molar-refractivity contribution < 1.29 is 4.79 Å². The molecule has 0 aromatic carbocycles. The fourth-order valence-corrected chi connectivity index (χ4v) is 3.95. The van der Waals surface area contributed by atoms with Crippen LogP contribution in [0.25, 0.3) is 0 Å². The van der Waals surface area contributed by atoms with Crippen molar-refractivity contribution in [2.45, 2.75) is 50.6 Å². The van der Waals surface area contributed by atoms with E-state index < -0.39 is 0 Å². The van der Waals surface area contributed by atoms with Gasteiger partial charge in [-0.15, -0.1) is 23.7 Å². The zero-order chi connectivity index (χ0) is 13.1. The van der Waals surface area contributed by atoms with Crippen molar-refractivity contribution in [2.24, 2.45) is 0 Å². The van der Waals surface area contributed by atoms with Crippen LogP contribution < -0.4 is 5.32 Å². The van der Waals surface area contributed by atoms with Gasteiger partial charge in [0.1, 0.15) is 0 Å². The van der Waals surface area contributed by atoms with Gasteiger partial charge in [-0.3, -0.25) is 4.79 Å².